The van der Waals surface area contributed by atoms with Crippen molar-refractivity contribution < 1.29 is 4.79 Å². The van der Waals surface area contributed by atoms with Crippen LogP contribution in [0.3, 0.4) is 0 Å². The molecule has 24 heavy (non-hydrogen) atoms. The second kappa shape index (κ2) is 11.7. The van der Waals surface area contributed by atoms with E-state index < -0.39 is 0 Å². The summed E-state index contributed by atoms with van der Waals surface area (Å²) < 4.78 is 0. The maximum absolute atomic E-state index is 8.81. The number of thiophene rings is 1. The van der Waals surface area contributed by atoms with Crippen LogP contribution in [0.5, 0.6) is 0 Å². The average molecular weight is 362 g/mol. The van der Waals surface area contributed by atoms with Crippen LogP contribution in [0.4, 0.5) is 0 Å². The normalized spacial score (nSPS) is 10.7. The van der Waals surface area contributed by atoms with Crippen LogP contribution in [-0.4, -0.2) is 29.8 Å². The van der Waals surface area contributed by atoms with Crippen molar-refractivity contribution in [2.75, 3.05) is 12.8 Å². The zero-order chi connectivity index (χ0) is 17.8. The first-order chi connectivity index (χ1) is 11.6. The van der Waals surface area contributed by atoms with Crippen molar-refractivity contribution in [1.82, 2.24) is 10.3 Å². The van der Waals surface area contributed by atoms with Crippen molar-refractivity contribution in [2.45, 2.75) is 25.3 Å². The number of hydrogen-bond acceptors (Lipinski definition) is 6. The fourth-order valence-corrected chi connectivity index (χ4v) is 3.43. The first-order valence-corrected chi connectivity index (χ1v) is 9.30. The summed E-state index contributed by atoms with van der Waals surface area (Å²) in [5.74, 6) is 0.859. The second-order valence-electron chi connectivity index (χ2n) is 4.80. The summed E-state index contributed by atoms with van der Waals surface area (Å²) in [6.45, 7) is 8.45. The Morgan fingerprint density at radius 3 is 2.67 bits per heavy atom. The maximum atomic E-state index is 8.81. The summed E-state index contributed by atoms with van der Waals surface area (Å²) in [4.78, 5) is 21.1. The number of pyridine rings is 1. The van der Waals surface area contributed by atoms with Gasteiger partial charge in [-0.15, -0.1) is 23.1 Å². The van der Waals surface area contributed by atoms with E-state index in [1.165, 1.54) is 16.7 Å². The zero-order valence-corrected chi connectivity index (χ0v) is 15.9. The van der Waals surface area contributed by atoms with Crippen LogP contribution in [0.25, 0.3) is 5.70 Å². The molecule has 0 unspecified atom stereocenters. The number of thioether (sulfide) groups is 1. The number of nitrogens with one attached hydrogen (secondary N) is 1. The summed E-state index contributed by atoms with van der Waals surface area (Å²) in [6, 6.07) is 8.23. The van der Waals surface area contributed by atoms with Crippen LogP contribution in [-0.2, 0) is 11.3 Å². The number of aromatic nitrogens is 1. The third-order valence-corrected chi connectivity index (χ3v) is 5.02. The lowest BCUT2D eigenvalue weighted by molar-refractivity contribution is -0.106. The lowest BCUT2D eigenvalue weighted by Crippen LogP contribution is -2.02. The molecule has 0 aromatic carbocycles. The fraction of sp³-hybridized carbons (Fsp3) is 0.278. The quantitative estimate of drug-likeness (QED) is 0.454. The molecule has 2 rings (SSSR count). The monoisotopic (exact) mass is 361 g/mol. The van der Waals surface area contributed by atoms with Crippen LogP contribution in [0.15, 0.2) is 53.1 Å². The Balaban J connectivity index is 0.000000891. The number of aldehydes is 1. The van der Waals surface area contributed by atoms with Crippen molar-refractivity contribution in [1.29, 1.82) is 0 Å². The molecule has 0 saturated heterocycles. The van der Waals surface area contributed by atoms with E-state index in [-0.39, 0.29) is 0 Å². The van der Waals surface area contributed by atoms with Gasteiger partial charge in [0.2, 0.25) is 0 Å². The molecule has 2 aromatic rings. The predicted octanol–water partition coefficient (Wildman–Crippen LogP) is 4.29. The largest absolute Gasteiger partial charge is 0.315 e. The topological polar surface area (TPSA) is 54.4 Å². The van der Waals surface area contributed by atoms with Gasteiger partial charge >= 0.3 is 0 Å². The molecule has 0 saturated carbocycles. The second-order valence-corrected chi connectivity index (χ2v) is 7.01. The molecule has 0 amide bonds. The molecular formula is C18H23N3OS2. The van der Waals surface area contributed by atoms with Crippen LogP contribution in [0.1, 0.15) is 23.6 Å². The highest BCUT2D eigenvalue weighted by Crippen LogP contribution is 2.25. The Morgan fingerprint density at radius 2 is 2.04 bits per heavy atom. The summed E-state index contributed by atoms with van der Waals surface area (Å²) in [5, 5.41) is 3.15. The molecular weight excluding hydrogens is 338 g/mol. The lowest BCUT2D eigenvalue weighted by atomic mass is 10.3. The Labute approximate surface area is 152 Å². The molecule has 2 heterocycles. The van der Waals surface area contributed by atoms with E-state index >= 15 is 0 Å². The Morgan fingerprint density at radius 1 is 1.38 bits per heavy atom. The number of rotatable bonds is 7. The van der Waals surface area contributed by atoms with Crippen LogP contribution in [0, 0.1) is 0 Å². The van der Waals surface area contributed by atoms with Crippen LogP contribution < -0.4 is 5.32 Å². The molecule has 0 aliphatic heterocycles. The van der Waals surface area contributed by atoms with Gasteiger partial charge in [-0.2, -0.15) is 0 Å². The van der Waals surface area contributed by atoms with Gasteiger partial charge in [0.05, 0.1) is 10.6 Å². The number of hydrogen-bond donors (Lipinski definition) is 1. The van der Waals surface area contributed by atoms with E-state index in [4.69, 9.17) is 4.79 Å². The maximum Gasteiger partial charge on any atom is 0.116 e. The molecule has 0 aliphatic carbocycles. The summed E-state index contributed by atoms with van der Waals surface area (Å²) in [6.07, 6.45) is 4.37. The van der Waals surface area contributed by atoms with Gasteiger partial charge in [-0.05, 0) is 45.2 Å². The minimum absolute atomic E-state index is 0.750. The number of carbonyl (C=O) groups is 1. The molecule has 0 atom stereocenters. The molecule has 0 bridgehead atoms. The summed E-state index contributed by atoms with van der Waals surface area (Å²) in [7, 11) is 1.95. The summed E-state index contributed by atoms with van der Waals surface area (Å²) >= 11 is 3.50. The number of carbonyl (C=O) groups excluding carboxylic acids is 1. The van der Waals surface area contributed by atoms with Gasteiger partial charge in [0.25, 0.3) is 0 Å². The van der Waals surface area contributed by atoms with Crippen molar-refractivity contribution in [3.8, 4) is 0 Å². The SMILES string of the molecule is C=C(N=C(C)CSc1ccncc1)c1ccc(CNC)s1.CC=O. The number of nitrogens with zero attached hydrogens (tertiary/aromatic N) is 2. The van der Waals surface area contributed by atoms with Crippen LogP contribution in [0.2, 0.25) is 0 Å². The van der Waals surface area contributed by atoms with Crippen molar-refractivity contribution in [3.63, 3.8) is 0 Å². The fourth-order valence-electron chi connectivity index (χ4n) is 1.74. The lowest BCUT2D eigenvalue weighted by Gasteiger charge is -2.02. The van der Waals surface area contributed by atoms with Gasteiger partial charge in [0.1, 0.15) is 6.29 Å². The van der Waals surface area contributed by atoms with E-state index in [1.54, 1.807) is 23.1 Å². The minimum atomic E-state index is 0.750. The molecule has 6 heteroatoms. The first-order valence-electron chi connectivity index (χ1n) is 7.50. The van der Waals surface area contributed by atoms with E-state index in [9.17, 15) is 0 Å². The molecule has 1 N–H and O–H groups in total. The predicted molar refractivity (Wildman–Crippen MR) is 106 cm³/mol. The van der Waals surface area contributed by atoms with E-state index in [1.807, 2.05) is 38.5 Å². The van der Waals surface area contributed by atoms with Gasteiger partial charge in [0.15, 0.2) is 0 Å². The van der Waals surface area contributed by atoms with Crippen molar-refractivity contribution in [3.05, 3.63) is 53.0 Å². The van der Waals surface area contributed by atoms with Crippen molar-refractivity contribution >= 4 is 40.8 Å². The highest BCUT2D eigenvalue weighted by Gasteiger charge is 2.03. The molecule has 0 fully saturated rings. The Kier molecular flexibility index (Phi) is 9.91. The first kappa shape index (κ1) is 20.3. The highest BCUT2D eigenvalue weighted by atomic mass is 32.2. The molecule has 4 nitrogen and oxygen atoms in total. The van der Waals surface area contributed by atoms with Gasteiger partial charge in [0, 0.05) is 40.2 Å². The molecule has 128 valence electrons. The molecule has 0 spiro atoms. The highest BCUT2D eigenvalue weighted by molar-refractivity contribution is 8.00. The average Bonchev–Trinajstić information content (AvgIpc) is 3.04. The van der Waals surface area contributed by atoms with Crippen molar-refractivity contribution in [2.24, 2.45) is 4.99 Å². The number of aliphatic imine (C=N–C) groups is 1. The third kappa shape index (κ3) is 7.68. The smallest absolute Gasteiger partial charge is 0.116 e. The van der Waals surface area contributed by atoms with E-state index in [0.717, 1.165) is 34.9 Å². The standard InChI is InChI=1S/C16H19N3S2.C2H4O/c1-12(11-20-14-6-8-18-9-7-14)19-13(2)16-5-4-15(21-16)10-17-3;1-2-3/h4-9,17H,2,10-11H2,1,3H3;2H,1H3. The third-order valence-electron chi connectivity index (χ3n) is 2.72. The van der Waals surface area contributed by atoms with Gasteiger partial charge in [-0.3, -0.25) is 9.98 Å². The Bertz CT molecular complexity index is 666. The molecule has 2 aromatic heterocycles. The molecule has 0 radical (unpaired) electrons. The molecule has 0 aliphatic rings. The van der Waals surface area contributed by atoms with Crippen LogP contribution >= 0.6 is 23.1 Å². The Hall–Kier alpha value is -1.76. The minimum Gasteiger partial charge on any atom is -0.315 e. The van der Waals surface area contributed by atoms with Gasteiger partial charge in [-0.25, -0.2) is 0 Å². The van der Waals surface area contributed by atoms with E-state index in [0.29, 0.717) is 0 Å². The van der Waals surface area contributed by atoms with Gasteiger partial charge < -0.3 is 10.1 Å². The zero-order valence-electron chi connectivity index (χ0n) is 14.3. The van der Waals surface area contributed by atoms with E-state index in [2.05, 4.69) is 34.0 Å². The van der Waals surface area contributed by atoms with Gasteiger partial charge in [-0.1, -0.05) is 6.58 Å². The summed E-state index contributed by atoms with van der Waals surface area (Å²) in [5.41, 5.74) is 1.92.